The molecule has 33 heavy (non-hydrogen) atoms. The summed E-state index contributed by atoms with van der Waals surface area (Å²) >= 11 is 0. The predicted octanol–water partition coefficient (Wildman–Crippen LogP) is 4.78. The number of nitrogens with two attached hydrogens (primary N) is 1. The van der Waals surface area contributed by atoms with Gasteiger partial charge in [0.2, 0.25) is 5.91 Å². The molecule has 0 aliphatic heterocycles. The maximum atomic E-state index is 13.1. The zero-order valence-electron chi connectivity index (χ0n) is 18.6. The molecule has 1 fully saturated rings. The van der Waals surface area contributed by atoms with Crippen molar-refractivity contribution in [2.45, 2.75) is 70.4 Å². The summed E-state index contributed by atoms with van der Waals surface area (Å²) in [4.78, 5) is 23.9. The van der Waals surface area contributed by atoms with E-state index >= 15 is 0 Å². The lowest BCUT2D eigenvalue weighted by atomic mass is 9.67. The first-order chi connectivity index (χ1) is 15.0. The Morgan fingerprint density at radius 1 is 1.03 bits per heavy atom. The lowest BCUT2D eigenvalue weighted by Crippen LogP contribution is -2.58. The fourth-order valence-electron chi connectivity index (χ4n) is 3.94. The topological polar surface area (TPSA) is 81.4 Å². The number of Topliss-reactive ketones (excluding diaryl/α,β-unsaturated/α-hetero) is 1. The van der Waals surface area contributed by atoms with Gasteiger partial charge in [-0.25, -0.2) is 0 Å². The average Bonchev–Trinajstić information content (AvgIpc) is 2.72. The maximum absolute atomic E-state index is 13.1. The normalized spacial score (nSPS) is 24.9. The summed E-state index contributed by atoms with van der Waals surface area (Å²) in [7, 11) is 0. The minimum absolute atomic E-state index is 0.0601. The number of halogens is 6. The van der Waals surface area contributed by atoms with Crippen molar-refractivity contribution in [2.75, 3.05) is 13.2 Å². The molecule has 1 aliphatic rings. The number of amides is 1. The van der Waals surface area contributed by atoms with E-state index in [1.54, 1.807) is 0 Å². The summed E-state index contributed by atoms with van der Waals surface area (Å²) in [6.07, 6.45) is -9.33. The number of ether oxygens (including phenoxy) is 1. The fourth-order valence-corrected chi connectivity index (χ4v) is 3.94. The summed E-state index contributed by atoms with van der Waals surface area (Å²) < 4.78 is 84.4. The molecule has 1 aromatic rings. The van der Waals surface area contributed by atoms with Crippen molar-refractivity contribution in [3.8, 4) is 0 Å². The molecular formula is C22H28F6N2O3. The molecule has 0 bridgehead atoms. The summed E-state index contributed by atoms with van der Waals surface area (Å²) in [6, 6.07) is 1.40. The van der Waals surface area contributed by atoms with Crippen molar-refractivity contribution in [1.82, 2.24) is 5.32 Å². The van der Waals surface area contributed by atoms with Crippen LogP contribution in [0.15, 0.2) is 18.2 Å². The minimum Gasteiger partial charge on any atom is -0.373 e. The molecule has 1 aromatic carbocycles. The maximum Gasteiger partial charge on any atom is 0.416 e. The van der Waals surface area contributed by atoms with Crippen LogP contribution >= 0.6 is 0 Å². The van der Waals surface area contributed by atoms with E-state index in [0.717, 1.165) is 0 Å². The van der Waals surface area contributed by atoms with Crippen LogP contribution in [0.5, 0.6) is 0 Å². The average molecular weight is 482 g/mol. The van der Waals surface area contributed by atoms with Crippen molar-refractivity contribution in [3.05, 3.63) is 34.9 Å². The Morgan fingerprint density at radius 2 is 1.52 bits per heavy atom. The smallest absolute Gasteiger partial charge is 0.373 e. The Morgan fingerprint density at radius 3 is 1.91 bits per heavy atom. The lowest BCUT2D eigenvalue weighted by Gasteiger charge is -2.44. The minimum atomic E-state index is -4.94. The van der Waals surface area contributed by atoms with Gasteiger partial charge in [0.15, 0.2) is 5.78 Å². The van der Waals surface area contributed by atoms with E-state index in [4.69, 9.17) is 10.5 Å². The van der Waals surface area contributed by atoms with Crippen LogP contribution < -0.4 is 11.1 Å². The van der Waals surface area contributed by atoms with E-state index in [0.29, 0.717) is 37.8 Å². The highest BCUT2D eigenvalue weighted by Gasteiger charge is 2.45. The Bertz CT molecular complexity index is 842. The van der Waals surface area contributed by atoms with Gasteiger partial charge in [-0.15, -0.1) is 0 Å². The van der Waals surface area contributed by atoms with Gasteiger partial charge in [-0.1, -0.05) is 6.92 Å². The second-order valence-corrected chi connectivity index (χ2v) is 8.99. The molecule has 1 aliphatic carbocycles. The third-order valence-corrected chi connectivity index (χ3v) is 6.31. The molecule has 3 N–H and O–H groups in total. The van der Waals surface area contributed by atoms with Gasteiger partial charge in [-0.2, -0.15) is 26.3 Å². The van der Waals surface area contributed by atoms with Gasteiger partial charge in [0, 0.05) is 0 Å². The van der Waals surface area contributed by atoms with E-state index in [1.807, 2.05) is 6.92 Å². The molecule has 0 heterocycles. The van der Waals surface area contributed by atoms with Crippen molar-refractivity contribution < 1.29 is 40.7 Å². The molecular weight excluding hydrogens is 454 g/mol. The number of benzene rings is 1. The summed E-state index contributed by atoms with van der Waals surface area (Å²) in [5.74, 6) is -0.659. The number of hydrogen-bond acceptors (Lipinski definition) is 4. The summed E-state index contributed by atoms with van der Waals surface area (Å²) in [5, 5.41) is 2.68. The molecule has 0 radical (unpaired) electrons. The van der Waals surface area contributed by atoms with Gasteiger partial charge in [0.05, 0.1) is 35.9 Å². The molecule has 2 rings (SSSR count). The number of carbonyl (C=O) groups excluding carboxylic acids is 2. The molecule has 0 aromatic heterocycles. The monoisotopic (exact) mass is 482 g/mol. The second kappa shape index (κ2) is 9.61. The molecule has 5 nitrogen and oxygen atoms in total. The van der Waals surface area contributed by atoms with Crippen molar-refractivity contribution in [3.63, 3.8) is 0 Å². The van der Waals surface area contributed by atoms with E-state index in [2.05, 4.69) is 5.32 Å². The second-order valence-electron chi connectivity index (χ2n) is 8.99. The van der Waals surface area contributed by atoms with Gasteiger partial charge in [0.25, 0.3) is 0 Å². The molecule has 1 unspecified atom stereocenters. The van der Waals surface area contributed by atoms with Gasteiger partial charge >= 0.3 is 12.4 Å². The molecule has 0 spiro atoms. The first kappa shape index (κ1) is 27.1. The summed E-state index contributed by atoms with van der Waals surface area (Å²) in [5.41, 5.74) is 0.793. The third kappa shape index (κ3) is 6.69. The Kier molecular flexibility index (Phi) is 7.90. The highest BCUT2D eigenvalue weighted by Crippen LogP contribution is 2.43. The zero-order chi connectivity index (χ0) is 25.2. The van der Waals surface area contributed by atoms with Gasteiger partial charge < -0.3 is 15.8 Å². The van der Waals surface area contributed by atoms with Crippen molar-refractivity contribution >= 4 is 11.7 Å². The predicted molar refractivity (Wildman–Crippen MR) is 108 cm³/mol. The highest BCUT2D eigenvalue weighted by atomic mass is 19.4. The van der Waals surface area contributed by atoms with Crippen molar-refractivity contribution in [2.24, 2.45) is 11.1 Å². The first-order valence-electron chi connectivity index (χ1n) is 10.4. The summed E-state index contributed by atoms with van der Waals surface area (Å²) in [6.45, 7) is 4.43. The van der Waals surface area contributed by atoms with Crippen LogP contribution in [-0.4, -0.2) is 30.4 Å². The molecule has 186 valence electrons. The SMILES string of the molecule is CC(=O)C1(NC(=O)CN)CCC(C)(COC(C)c2cc(C(F)(F)F)cc(C(F)(F)F)c2)CC1. The number of nitrogens with one attached hydrogen (secondary N) is 1. The van der Waals surface area contributed by atoms with Crippen LogP contribution in [0.2, 0.25) is 0 Å². The highest BCUT2D eigenvalue weighted by molar-refractivity contribution is 5.92. The van der Waals surface area contributed by atoms with Crippen LogP contribution in [0, 0.1) is 5.41 Å². The van der Waals surface area contributed by atoms with Crippen LogP contribution in [-0.2, 0) is 26.7 Å². The van der Waals surface area contributed by atoms with Crippen LogP contribution in [0.3, 0.4) is 0 Å². The van der Waals surface area contributed by atoms with E-state index in [1.165, 1.54) is 13.8 Å². The Hall–Kier alpha value is -2.14. The van der Waals surface area contributed by atoms with Gasteiger partial charge in [0.1, 0.15) is 0 Å². The molecule has 1 saturated carbocycles. The zero-order valence-corrected chi connectivity index (χ0v) is 18.6. The standard InChI is InChI=1S/C22H28F6N2O3/c1-13(15-8-16(21(23,24)25)10-17(9-15)22(26,27)28)33-12-19(3)4-6-20(7-5-19,14(2)31)30-18(32)11-29/h8-10,13H,4-7,11-12,29H2,1-3H3,(H,30,32). The lowest BCUT2D eigenvalue weighted by molar-refractivity contribution is -0.143. The third-order valence-electron chi connectivity index (χ3n) is 6.31. The Labute approximate surface area is 188 Å². The molecule has 1 atom stereocenters. The van der Waals surface area contributed by atoms with E-state index in [-0.39, 0.29) is 30.6 Å². The number of rotatable bonds is 7. The number of hydrogen-bond donors (Lipinski definition) is 2. The molecule has 11 heteroatoms. The van der Waals surface area contributed by atoms with Crippen molar-refractivity contribution in [1.29, 1.82) is 0 Å². The fraction of sp³-hybridized carbons (Fsp3) is 0.636. The number of alkyl halides is 6. The van der Waals surface area contributed by atoms with E-state index < -0.39 is 46.4 Å². The van der Waals surface area contributed by atoms with E-state index in [9.17, 15) is 35.9 Å². The van der Waals surface area contributed by atoms with Crippen LogP contribution in [0.25, 0.3) is 0 Å². The van der Waals surface area contributed by atoms with Gasteiger partial charge in [-0.05, 0) is 68.7 Å². The quantitative estimate of drug-likeness (QED) is 0.548. The first-order valence-corrected chi connectivity index (χ1v) is 10.4. The largest absolute Gasteiger partial charge is 0.416 e. The van der Waals surface area contributed by atoms with Crippen LogP contribution in [0.4, 0.5) is 26.3 Å². The van der Waals surface area contributed by atoms with Gasteiger partial charge in [-0.3, -0.25) is 9.59 Å². The number of ketones is 1. The number of carbonyl (C=O) groups is 2. The molecule has 1 amide bonds. The Balaban J connectivity index is 2.14. The molecule has 0 saturated heterocycles. The van der Waals surface area contributed by atoms with Crippen LogP contribution in [0.1, 0.15) is 69.2 Å².